The number of pyridine rings is 1. The van der Waals surface area contributed by atoms with Crippen molar-refractivity contribution in [1.29, 1.82) is 0 Å². The Balaban J connectivity index is 0.000000240. The molecule has 0 unspecified atom stereocenters. The van der Waals surface area contributed by atoms with Crippen LogP contribution >= 0.6 is 11.3 Å². The number of hydrogen-bond acceptors (Lipinski definition) is 3. The van der Waals surface area contributed by atoms with Gasteiger partial charge in [0.05, 0.1) is 24.9 Å². The molecule has 12 aromatic rings. The van der Waals surface area contributed by atoms with Crippen LogP contribution < -0.4 is 5.19 Å². The molecule has 12 rings (SSSR count). The topological polar surface area (TPSA) is 35.6 Å². The minimum absolute atomic E-state index is 0. The van der Waals surface area contributed by atoms with E-state index < -0.39 is 8.07 Å². The van der Waals surface area contributed by atoms with Gasteiger partial charge in [0.25, 0.3) is 0 Å². The number of imidazole rings is 1. The number of nitrogens with zero attached hydrogens (tertiary/aromatic N) is 4. The third kappa shape index (κ3) is 8.74. The first-order valence-corrected chi connectivity index (χ1v) is 29.5. The van der Waals surface area contributed by atoms with Crippen molar-refractivity contribution in [2.45, 2.75) is 79.4 Å². The van der Waals surface area contributed by atoms with Crippen molar-refractivity contribution in [2.75, 3.05) is 0 Å². The van der Waals surface area contributed by atoms with Gasteiger partial charge in [-0.05, 0) is 91.6 Å². The summed E-state index contributed by atoms with van der Waals surface area (Å²) in [5.41, 5.74) is 14.2. The summed E-state index contributed by atoms with van der Waals surface area (Å²) >= 11 is 1.85. The third-order valence-electron chi connectivity index (χ3n) is 14.0. The van der Waals surface area contributed by atoms with E-state index in [4.69, 9.17) is 4.98 Å². The molecule has 0 saturated carbocycles. The molecule has 4 heterocycles. The Kier molecular flexibility index (Phi) is 13.5. The number of fused-ring (bicyclic) bond motifs is 9. The molecule has 0 N–H and O–H groups in total. The van der Waals surface area contributed by atoms with Crippen LogP contribution in [-0.4, -0.2) is 27.2 Å². The molecule has 7 heteroatoms. The number of aromatic nitrogens is 4. The molecule has 0 spiro atoms. The molecule has 72 heavy (non-hydrogen) atoms. The molecule has 0 amide bonds. The first kappa shape index (κ1) is 49.1. The minimum atomic E-state index is -1.34. The van der Waals surface area contributed by atoms with E-state index in [1.807, 2.05) is 29.5 Å². The molecule has 361 valence electrons. The molecule has 4 nitrogen and oxygen atoms in total. The summed E-state index contributed by atoms with van der Waals surface area (Å²) in [4.78, 5) is 10.2. The van der Waals surface area contributed by atoms with Gasteiger partial charge in [0.15, 0.2) is 0 Å². The van der Waals surface area contributed by atoms with Crippen LogP contribution in [0.15, 0.2) is 170 Å². The second-order valence-electron chi connectivity index (χ2n) is 21.1. The molecular weight excluding hydrogens is 1090 g/mol. The van der Waals surface area contributed by atoms with Crippen molar-refractivity contribution in [3.05, 3.63) is 199 Å². The van der Waals surface area contributed by atoms with Gasteiger partial charge in [0, 0.05) is 63.9 Å². The number of hydrogen-bond donors (Lipinski definition) is 0. The van der Waals surface area contributed by atoms with Crippen LogP contribution in [0.4, 0.5) is 0 Å². The van der Waals surface area contributed by atoms with Gasteiger partial charge in [-0.3, -0.25) is 4.98 Å². The third-order valence-corrected chi connectivity index (χ3v) is 17.2. The van der Waals surface area contributed by atoms with Crippen molar-refractivity contribution in [1.82, 2.24) is 19.1 Å². The molecule has 0 fully saturated rings. The zero-order chi connectivity index (χ0) is 49.1. The zero-order valence-electron chi connectivity index (χ0n) is 42.6. The molecule has 0 aliphatic carbocycles. The van der Waals surface area contributed by atoms with Crippen LogP contribution in [0.5, 0.6) is 0 Å². The molecule has 0 aliphatic heterocycles. The quantitative estimate of drug-likeness (QED) is 0.107. The van der Waals surface area contributed by atoms with Crippen LogP contribution in [0.1, 0.15) is 70.1 Å². The number of para-hydroxylation sites is 3. The van der Waals surface area contributed by atoms with Gasteiger partial charge in [-0.25, -0.2) is 0 Å². The first-order valence-electron chi connectivity index (χ1n) is 25.2. The predicted molar refractivity (Wildman–Crippen MR) is 308 cm³/mol. The largest absolute Gasteiger partial charge is 0.350 e. The Bertz CT molecular complexity index is 3870. The molecule has 0 saturated heterocycles. The van der Waals surface area contributed by atoms with Crippen molar-refractivity contribution >= 4 is 88.4 Å². The first-order chi connectivity index (χ1) is 34.4. The van der Waals surface area contributed by atoms with E-state index in [-0.39, 0.29) is 20.1 Å². The summed E-state index contributed by atoms with van der Waals surface area (Å²) in [7, 11) is -1.34. The van der Waals surface area contributed by atoms with Crippen molar-refractivity contribution < 1.29 is 20.1 Å². The monoisotopic (exact) mass is 1150 g/mol. The molecule has 8 aromatic carbocycles. The predicted octanol–water partition coefficient (Wildman–Crippen LogP) is 17.6. The SMILES string of the molecule is CC(C)Cc1cc(-c2[c-]cccc2)ncc1[Si](C)(C)C.CC(C)c1cccc(C(C)C)c1-n1c(-c2[c-]cc(-n3c4ccccc4c4ccccc43)c3c2sc2ccccc23)nc2ccc3ccccc3c21.[Ir]. The fourth-order valence-corrected chi connectivity index (χ4v) is 13.6. The number of thiophene rings is 1. The maximum Gasteiger partial charge on any atom is 0.0798 e. The van der Waals surface area contributed by atoms with Gasteiger partial charge in [-0.2, -0.15) is 11.3 Å². The van der Waals surface area contributed by atoms with E-state index in [1.54, 1.807) is 0 Å². The summed E-state index contributed by atoms with van der Waals surface area (Å²) in [6.45, 7) is 20.9. The fourth-order valence-electron chi connectivity index (χ4n) is 10.8. The zero-order valence-corrected chi connectivity index (χ0v) is 46.8. The molecule has 0 aliphatic rings. The van der Waals surface area contributed by atoms with E-state index in [9.17, 15) is 0 Å². The Morgan fingerprint density at radius 1 is 0.625 bits per heavy atom. The fraction of sp³-hybridized carbons (Fsp3) is 0.200. The normalized spacial score (nSPS) is 12.0. The van der Waals surface area contributed by atoms with E-state index in [0.717, 1.165) is 45.8 Å². The van der Waals surface area contributed by atoms with Crippen LogP contribution in [0.3, 0.4) is 0 Å². The van der Waals surface area contributed by atoms with Gasteiger partial charge in [0.2, 0.25) is 0 Å². The Morgan fingerprint density at radius 2 is 1.25 bits per heavy atom. The standard InChI is InChI=1S/C47H36N3S.C18H24NSi.Ir/c1-28(2)31-19-13-20-32(29(3)4)44(31)50-45-33-15-6-5-14-30(33)24-26-38(45)48-47(50)37-25-27-41(43-36-18-9-12-23-42(36)51-46(37)43)49-39-21-10-7-16-34(39)35-17-8-11-22-40(35)49;1-14(2)11-16-12-17(15-9-7-6-8-10-15)19-13-18(16)20(3,4)5;/h5-24,26-29H,1-4H3;6-9,12-14H,11H2,1-5H3;/q2*-1;. The van der Waals surface area contributed by atoms with Crippen LogP contribution in [-0.2, 0) is 26.5 Å². The second-order valence-corrected chi connectivity index (χ2v) is 27.2. The molecule has 0 atom stereocenters. The molecule has 0 bridgehead atoms. The molecular formula is C65H60IrN4SSi-2. The smallest absolute Gasteiger partial charge is 0.0798 e. The summed E-state index contributed by atoms with van der Waals surface area (Å²) in [5.74, 6) is 2.25. The Labute approximate surface area is 442 Å². The number of benzene rings is 8. The Morgan fingerprint density at radius 3 is 1.89 bits per heavy atom. The maximum absolute atomic E-state index is 5.55. The van der Waals surface area contributed by atoms with E-state index in [1.165, 1.54) is 80.3 Å². The maximum atomic E-state index is 5.55. The summed E-state index contributed by atoms with van der Waals surface area (Å²) in [6, 6.07) is 66.0. The van der Waals surface area contributed by atoms with E-state index in [0.29, 0.717) is 17.8 Å². The van der Waals surface area contributed by atoms with Gasteiger partial charge in [-0.15, -0.1) is 48.0 Å². The van der Waals surface area contributed by atoms with Gasteiger partial charge in [0.1, 0.15) is 0 Å². The van der Waals surface area contributed by atoms with Crippen molar-refractivity contribution in [3.63, 3.8) is 0 Å². The van der Waals surface area contributed by atoms with E-state index >= 15 is 0 Å². The average Bonchev–Trinajstić information content (AvgIpc) is 4.06. The minimum Gasteiger partial charge on any atom is -0.350 e. The summed E-state index contributed by atoms with van der Waals surface area (Å²) in [6.07, 6.45) is 3.24. The van der Waals surface area contributed by atoms with Crippen molar-refractivity contribution in [2.24, 2.45) is 5.92 Å². The van der Waals surface area contributed by atoms with Crippen LogP contribution in [0.25, 0.3) is 97.8 Å². The van der Waals surface area contributed by atoms with Gasteiger partial charge in [-0.1, -0.05) is 187 Å². The van der Waals surface area contributed by atoms with E-state index in [2.05, 4.69) is 239 Å². The summed E-state index contributed by atoms with van der Waals surface area (Å²) < 4.78 is 7.38. The Hall–Kier alpha value is -6.47. The van der Waals surface area contributed by atoms with Crippen LogP contribution in [0, 0.1) is 18.1 Å². The van der Waals surface area contributed by atoms with Crippen LogP contribution in [0.2, 0.25) is 19.6 Å². The molecule has 4 aromatic heterocycles. The molecule has 1 radical (unpaired) electrons. The number of rotatable bonds is 9. The summed E-state index contributed by atoms with van der Waals surface area (Å²) in [5, 5.41) is 8.91. The van der Waals surface area contributed by atoms with Crippen molar-refractivity contribution in [3.8, 4) is 34.0 Å². The van der Waals surface area contributed by atoms with Gasteiger partial charge >= 0.3 is 0 Å². The average molecular weight is 1150 g/mol. The van der Waals surface area contributed by atoms with Gasteiger partial charge < -0.3 is 14.1 Å². The second kappa shape index (κ2) is 19.9.